The molecular formula is C29H34N8O2. The van der Waals surface area contributed by atoms with Gasteiger partial charge in [-0.2, -0.15) is 0 Å². The number of fused-ring (bicyclic) bond motifs is 1. The lowest BCUT2D eigenvalue weighted by molar-refractivity contribution is 0.0996. The van der Waals surface area contributed by atoms with Crippen LogP contribution in [-0.4, -0.2) is 51.0 Å². The van der Waals surface area contributed by atoms with Gasteiger partial charge in [0.05, 0.1) is 17.8 Å². The van der Waals surface area contributed by atoms with Gasteiger partial charge in [0.25, 0.3) is 5.91 Å². The van der Waals surface area contributed by atoms with Gasteiger partial charge in [-0.1, -0.05) is 25.1 Å². The summed E-state index contributed by atoms with van der Waals surface area (Å²) >= 11 is 0. The lowest BCUT2D eigenvalue weighted by Gasteiger charge is -2.34. The van der Waals surface area contributed by atoms with E-state index in [1.165, 1.54) is 5.56 Å². The number of nitrogens with zero attached hydrogens (tertiary/aromatic N) is 5. The topological polar surface area (TPSA) is 123 Å². The van der Waals surface area contributed by atoms with Gasteiger partial charge in [0.15, 0.2) is 11.5 Å². The molecule has 0 bridgehead atoms. The summed E-state index contributed by atoms with van der Waals surface area (Å²) in [7, 11) is 0. The fourth-order valence-electron chi connectivity index (χ4n) is 5.87. The number of hydrogen-bond acceptors (Lipinski definition) is 7. The molecule has 4 aromatic rings. The van der Waals surface area contributed by atoms with Gasteiger partial charge in [0.1, 0.15) is 5.82 Å². The maximum atomic E-state index is 13.0. The van der Waals surface area contributed by atoms with E-state index in [1.54, 1.807) is 16.8 Å². The predicted octanol–water partition coefficient (Wildman–Crippen LogP) is 3.22. The molecule has 0 saturated carbocycles. The molecule has 0 radical (unpaired) electrons. The van der Waals surface area contributed by atoms with E-state index in [4.69, 9.17) is 10.7 Å². The normalized spacial score (nSPS) is 19.2. The van der Waals surface area contributed by atoms with E-state index in [1.807, 2.05) is 41.1 Å². The van der Waals surface area contributed by atoms with Gasteiger partial charge in [-0.05, 0) is 74.0 Å². The van der Waals surface area contributed by atoms with Crippen LogP contribution < -0.4 is 27.0 Å². The predicted molar refractivity (Wildman–Crippen MR) is 152 cm³/mol. The van der Waals surface area contributed by atoms with E-state index < -0.39 is 5.91 Å². The van der Waals surface area contributed by atoms with E-state index in [2.05, 4.69) is 39.6 Å². The Morgan fingerprint density at radius 2 is 1.95 bits per heavy atom. The Morgan fingerprint density at radius 1 is 1.15 bits per heavy atom. The number of rotatable bonds is 6. The standard InChI is InChI=1S/C29H34N8O2/c1-29(11-13-31-14-12-29)20-7-9-21(10-8-20)33-27-25(26(30)38)32-17-24(34-27)35-15-4-6-22(18-35)37-19-23-5-2-3-16-36(23)28(37)39/h2-3,5,7-10,16-17,19,22,31H,4,6,11-15,18H2,1H3,(H2,30,38)(H,33,34). The minimum absolute atomic E-state index is 0.00377. The van der Waals surface area contributed by atoms with Crippen LogP contribution in [0.2, 0.25) is 0 Å². The molecule has 10 nitrogen and oxygen atoms in total. The van der Waals surface area contributed by atoms with Crippen molar-refractivity contribution >= 4 is 28.7 Å². The van der Waals surface area contributed by atoms with Crippen molar-refractivity contribution in [3.63, 3.8) is 0 Å². The Labute approximate surface area is 226 Å². The number of hydrogen-bond donors (Lipinski definition) is 3. The first-order valence-corrected chi connectivity index (χ1v) is 13.6. The van der Waals surface area contributed by atoms with Gasteiger partial charge in [-0.3, -0.25) is 13.8 Å². The number of amides is 1. The van der Waals surface area contributed by atoms with Crippen LogP contribution in [-0.2, 0) is 5.41 Å². The Morgan fingerprint density at radius 3 is 2.69 bits per heavy atom. The zero-order valence-corrected chi connectivity index (χ0v) is 22.1. The number of nitrogens with two attached hydrogens (primary N) is 1. The number of benzene rings is 1. The van der Waals surface area contributed by atoms with Gasteiger partial charge in [0, 0.05) is 31.2 Å². The summed E-state index contributed by atoms with van der Waals surface area (Å²) in [6.07, 6.45) is 9.30. The summed E-state index contributed by atoms with van der Waals surface area (Å²) in [6, 6.07) is 14.0. The van der Waals surface area contributed by atoms with Gasteiger partial charge in [0.2, 0.25) is 0 Å². The number of aromatic nitrogens is 4. The smallest absolute Gasteiger partial charge is 0.333 e. The molecule has 4 N–H and O–H groups in total. The van der Waals surface area contributed by atoms with Gasteiger partial charge in [-0.25, -0.2) is 14.8 Å². The van der Waals surface area contributed by atoms with Crippen LogP contribution in [0.1, 0.15) is 54.7 Å². The molecule has 1 amide bonds. The number of carbonyl (C=O) groups is 1. The largest absolute Gasteiger partial charge is 0.364 e. The molecule has 5 heterocycles. The molecule has 6 rings (SSSR count). The van der Waals surface area contributed by atoms with Crippen LogP contribution in [0.25, 0.3) is 5.52 Å². The fraction of sp³-hybridized carbons (Fsp3) is 0.379. The fourth-order valence-corrected chi connectivity index (χ4v) is 5.87. The average Bonchev–Trinajstić information content (AvgIpc) is 3.30. The molecule has 10 heteroatoms. The van der Waals surface area contributed by atoms with Crippen molar-refractivity contribution in [2.45, 2.75) is 44.1 Å². The first kappa shape index (κ1) is 25.1. The second kappa shape index (κ2) is 10.2. The summed E-state index contributed by atoms with van der Waals surface area (Å²) in [5, 5.41) is 6.70. The lowest BCUT2D eigenvalue weighted by atomic mass is 9.75. The number of nitrogens with one attached hydrogen (secondary N) is 2. The number of piperidine rings is 2. The van der Waals surface area contributed by atoms with Crippen LogP contribution in [0.5, 0.6) is 0 Å². The van der Waals surface area contributed by atoms with Gasteiger partial charge >= 0.3 is 5.69 Å². The summed E-state index contributed by atoms with van der Waals surface area (Å²) in [6.45, 7) is 5.75. The van der Waals surface area contributed by atoms with Gasteiger partial charge < -0.3 is 21.3 Å². The second-order valence-corrected chi connectivity index (χ2v) is 10.9. The number of primary amides is 1. The molecule has 2 saturated heterocycles. The number of pyridine rings is 1. The highest BCUT2D eigenvalue weighted by atomic mass is 16.2. The van der Waals surface area contributed by atoms with Crippen LogP contribution >= 0.6 is 0 Å². The van der Waals surface area contributed by atoms with Crippen LogP contribution in [0.3, 0.4) is 0 Å². The first-order valence-electron chi connectivity index (χ1n) is 13.6. The SMILES string of the molecule is CC1(c2ccc(Nc3nc(N4CCCC(n5cc6ccccn6c5=O)C4)cnc3C(N)=O)cc2)CCNCC1. The molecule has 1 unspecified atom stereocenters. The molecule has 1 atom stereocenters. The van der Waals surface area contributed by atoms with Crippen LogP contribution in [0.15, 0.2) is 65.8 Å². The third-order valence-corrected chi connectivity index (χ3v) is 8.25. The number of carbonyl (C=O) groups excluding carboxylic acids is 1. The quantitative estimate of drug-likeness (QED) is 0.353. The lowest BCUT2D eigenvalue weighted by Crippen LogP contribution is -2.40. The molecule has 2 aliphatic rings. The summed E-state index contributed by atoms with van der Waals surface area (Å²) < 4.78 is 3.48. The monoisotopic (exact) mass is 526 g/mol. The highest BCUT2D eigenvalue weighted by Gasteiger charge is 2.29. The molecule has 0 spiro atoms. The van der Waals surface area contributed by atoms with Crippen molar-refractivity contribution in [1.82, 2.24) is 24.3 Å². The Bertz CT molecular complexity index is 1550. The molecular weight excluding hydrogens is 492 g/mol. The van der Waals surface area contributed by atoms with Crippen molar-refractivity contribution in [2.24, 2.45) is 5.73 Å². The van der Waals surface area contributed by atoms with E-state index in [-0.39, 0.29) is 22.8 Å². The Hall–Kier alpha value is -4.18. The molecule has 202 valence electrons. The van der Waals surface area contributed by atoms with E-state index in [0.717, 1.165) is 56.5 Å². The van der Waals surface area contributed by atoms with Crippen LogP contribution in [0, 0.1) is 0 Å². The van der Waals surface area contributed by atoms with E-state index in [0.29, 0.717) is 18.2 Å². The molecule has 2 fully saturated rings. The van der Waals surface area contributed by atoms with Gasteiger partial charge in [-0.15, -0.1) is 0 Å². The van der Waals surface area contributed by atoms with E-state index >= 15 is 0 Å². The number of imidazole rings is 1. The molecule has 2 aliphatic heterocycles. The van der Waals surface area contributed by atoms with Crippen molar-refractivity contribution in [3.05, 3.63) is 82.8 Å². The maximum absolute atomic E-state index is 13.0. The summed E-state index contributed by atoms with van der Waals surface area (Å²) in [4.78, 5) is 36.5. The zero-order chi connectivity index (χ0) is 27.0. The maximum Gasteiger partial charge on any atom is 0.333 e. The molecule has 3 aromatic heterocycles. The third-order valence-electron chi connectivity index (χ3n) is 8.25. The minimum Gasteiger partial charge on any atom is -0.364 e. The van der Waals surface area contributed by atoms with Crippen molar-refractivity contribution in [3.8, 4) is 0 Å². The minimum atomic E-state index is -0.640. The average molecular weight is 527 g/mol. The van der Waals surface area contributed by atoms with Crippen molar-refractivity contribution in [2.75, 3.05) is 36.4 Å². The second-order valence-electron chi connectivity index (χ2n) is 10.9. The van der Waals surface area contributed by atoms with Crippen molar-refractivity contribution in [1.29, 1.82) is 0 Å². The Kier molecular flexibility index (Phi) is 6.56. The summed E-state index contributed by atoms with van der Waals surface area (Å²) in [5.74, 6) is 0.330. The Balaban J connectivity index is 1.24. The zero-order valence-electron chi connectivity index (χ0n) is 22.1. The summed E-state index contributed by atoms with van der Waals surface area (Å²) in [5.41, 5.74) is 8.84. The third kappa shape index (κ3) is 4.87. The molecule has 0 aliphatic carbocycles. The van der Waals surface area contributed by atoms with E-state index in [9.17, 15) is 9.59 Å². The molecule has 39 heavy (non-hydrogen) atoms. The molecule has 1 aromatic carbocycles. The van der Waals surface area contributed by atoms with Crippen LogP contribution in [0.4, 0.5) is 17.3 Å². The highest BCUT2D eigenvalue weighted by Crippen LogP contribution is 2.34. The van der Waals surface area contributed by atoms with Crippen molar-refractivity contribution < 1.29 is 4.79 Å². The highest BCUT2D eigenvalue weighted by molar-refractivity contribution is 5.96. The number of anilines is 3. The first-order chi connectivity index (χ1) is 18.9.